The number of ether oxygens (including phenoxy) is 2. The normalized spacial score (nSPS) is 10.2. The monoisotopic (exact) mass is 385 g/mol. The number of carbonyl (C=O) groups is 2. The van der Waals surface area contributed by atoms with E-state index in [4.69, 9.17) is 9.47 Å². The van der Waals surface area contributed by atoms with Crippen LogP contribution in [-0.2, 0) is 9.53 Å². The van der Waals surface area contributed by atoms with Crippen molar-refractivity contribution >= 4 is 23.2 Å². The molecule has 2 aromatic rings. The Morgan fingerprint density at radius 1 is 0.964 bits per heavy atom. The molecule has 0 saturated heterocycles. The van der Waals surface area contributed by atoms with Crippen LogP contribution in [0.3, 0.4) is 0 Å². The topological polar surface area (TPSA) is 88.7 Å². The first-order chi connectivity index (χ1) is 13.6. The average Bonchev–Trinajstić information content (AvgIpc) is 2.71. The molecule has 7 heteroatoms. The number of hydrogen-bond acceptors (Lipinski definition) is 5. The largest absolute Gasteiger partial charge is 0.489 e. The molecule has 0 bridgehead atoms. The van der Waals surface area contributed by atoms with E-state index in [1.807, 2.05) is 26.0 Å². The standard InChI is InChI=1S/C21H27N3O4/c1-3-22-21(26)16-9-11-17(12-10-16)23-15-20(25)24-18-7-5-6-8-19(18)28-14-13-27-4-2/h5-12,23H,3-4,13-15H2,1-2H3,(H,22,26)(H,24,25). The second kappa shape index (κ2) is 11.6. The number of rotatable bonds is 11. The highest BCUT2D eigenvalue weighted by Crippen LogP contribution is 2.23. The maximum absolute atomic E-state index is 12.3. The summed E-state index contributed by atoms with van der Waals surface area (Å²) >= 11 is 0. The van der Waals surface area contributed by atoms with Crippen LogP contribution in [-0.4, -0.2) is 44.7 Å². The quantitative estimate of drug-likeness (QED) is 0.518. The van der Waals surface area contributed by atoms with E-state index in [0.717, 1.165) is 5.69 Å². The second-order valence-corrected chi connectivity index (χ2v) is 5.88. The average molecular weight is 385 g/mol. The van der Waals surface area contributed by atoms with E-state index in [9.17, 15) is 9.59 Å². The predicted molar refractivity (Wildman–Crippen MR) is 110 cm³/mol. The minimum absolute atomic E-state index is 0.0911. The molecule has 0 spiro atoms. The van der Waals surface area contributed by atoms with Crippen LogP contribution in [0.5, 0.6) is 5.75 Å². The van der Waals surface area contributed by atoms with Gasteiger partial charge in [0.2, 0.25) is 5.91 Å². The van der Waals surface area contributed by atoms with E-state index in [0.29, 0.717) is 43.4 Å². The van der Waals surface area contributed by atoms with Gasteiger partial charge in [-0.15, -0.1) is 0 Å². The zero-order valence-electron chi connectivity index (χ0n) is 16.3. The third-order valence-corrected chi connectivity index (χ3v) is 3.79. The maximum Gasteiger partial charge on any atom is 0.251 e. The SMILES string of the molecule is CCNC(=O)c1ccc(NCC(=O)Nc2ccccc2OCCOCC)cc1. The van der Waals surface area contributed by atoms with Gasteiger partial charge in [-0.3, -0.25) is 9.59 Å². The van der Waals surface area contributed by atoms with Crippen molar-refractivity contribution in [1.29, 1.82) is 0 Å². The summed E-state index contributed by atoms with van der Waals surface area (Å²) in [6.45, 7) is 6.01. The van der Waals surface area contributed by atoms with Crippen molar-refractivity contribution in [2.75, 3.05) is 43.5 Å². The first-order valence-electron chi connectivity index (χ1n) is 9.35. The Balaban J connectivity index is 1.85. The van der Waals surface area contributed by atoms with Crippen molar-refractivity contribution in [2.24, 2.45) is 0 Å². The van der Waals surface area contributed by atoms with Crippen LogP contribution >= 0.6 is 0 Å². The van der Waals surface area contributed by atoms with Gasteiger partial charge in [0.1, 0.15) is 12.4 Å². The third kappa shape index (κ3) is 6.92. The van der Waals surface area contributed by atoms with Crippen LogP contribution in [0, 0.1) is 0 Å². The van der Waals surface area contributed by atoms with E-state index in [2.05, 4.69) is 16.0 Å². The van der Waals surface area contributed by atoms with Gasteiger partial charge in [-0.25, -0.2) is 0 Å². The van der Waals surface area contributed by atoms with Crippen molar-refractivity contribution in [3.05, 3.63) is 54.1 Å². The smallest absolute Gasteiger partial charge is 0.251 e. The van der Waals surface area contributed by atoms with Crippen molar-refractivity contribution in [1.82, 2.24) is 5.32 Å². The number of amides is 2. The second-order valence-electron chi connectivity index (χ2n) is 5.88. The highest BCUT2D eigenvalue weighted by atomic mass is 16.5. The molecule has 0 saturated carbocycles. The highest BCUT2D eigenvalue weighted by Gasteiger charge is 2.08. The fourth-order valence-electron chi connectivity index (χ4n) is 2.43. The molecule has 0 aliphatic heterocycles. The Bertz CT molecular complexity index is 763. The molecule has 0 atom stereocenters. The zero-order valence-corrected chi connectivity index (χ0v) is 16.3. The lowest BCUT2D eigenvalue weighted by molar-refractivity contribution is -0.114. The van der Waals surface area contributed by atoms with Gasteiger partial charge < -0.3 is 25.4 Å². The minimum Gasteiger partial charge on any atom is -0.489 e. The van der Waals surface area contributed by atoms with Crippen molar-refractivity contribution < 1.29 is 19.1 Å². The summed E-state index contributed by atoms with van der Waals surface area (Å²) in [7, 11) is 0. The lowest BCUT2D eigenvalue weighted by Gasteiger charge is -2.13. The number of para-hydroxylation sites is 2. The van der Waals surface area contributed by atoms with Gasteiger partial charge >= 0.3 is 0 Å². The minimum atomic E-state index is -0.200. The van der Waals surface area contributed by atoms with Crippen molar-refractivity contribution in [3.8, 4) is 5.75 Å². The van der Waals surface area contributed by atoms with E-state index in [1.54, 1.807) is 36.4 Å². The Morgan fingerprint density at radius 2 is 1.71 bits per heavy atom. The molecule has 2 aromatic carbocycles. The summed E-state index contributed by atoms with van der Waals surface area (Å²) in [5.41, 5.74) is 1.94. The molecule has 0 aliphatic carbocycles. The molecular formula is C21H27N3O4. The van der Waals surface area contributed by atoms with Gasteiger partial charge in [-0.1, -0.05) is 12.1 Å². The zero-order chi connectivity index (χ0) is 20.2. The van der Waals surface area contributed by atoms with Gasteiger partial charge in [-0.2, -0.15) is 0 Å². The van der Waals surface area contributed by atoms with Gasteiger partial charge in [0.25, 0.3) is 5.91 Å². The molecule has 28 heavy (non-hydrogen) atoms. The summed E-state index contributed by atoms with van der Waals surface area (Å²) in [6, 6.07) is 14.2. The molecule has 0 heterocycles. The summed E-state index contributed by atoms with van der Waals surface area (Å²) in [6.07, 6.45) is 0. The summed E-state index contributed by atoms with van der Waals surface area (Å²) < 4.78 is 10.9. The molecule has 0 aliphatic rings. The molecule has 7 nitrogen and oxygen atoms in total. The van der Waals surface area contributed by atoms with Gasteiger partial charge in [0.15, 0.2) is 0 Å². The number of nitrogens with one attached hydrogen (secondary N) is 3. The van der Waals surface area contributed by atoms with Crippen LogP contribution in [0.2, 0.25) is 0 Å². The van der Waals surface area contributed by atoms with Gasteiger partial charge in [0, 0.05) is 24.4 Å². The maximum atomic E-state index is 12.3. The molecule has 2 rings (SSSR count). The van der Waals surface area contributed by atoms with E-state index >= 15 is 0 Å². The molecule has 3 N–H and O–H groups in total. The number of anilines is 2. The highest BCUT2D eigenvalue weighted by molar-refractivity contribution is 5.96. The molecule has 0 aromatic heterocycles. The first-order valence-corrected chi connectivity index (χ1v) is 9.35. The molecule has 150 valence electrons. The molecule has 0 fully saturated rings. The first kappa shape index (κ1) is 21.2. The summed E-state index contributed by atoms with van der Waals surface area (Å²) in [5, 5.41) is 8.62. The van der Waals surface area contributed by atoms with Crippen LogP contribution in [0.4, 0.5) is 11.4 Å². The third-order valence-electron chi connectivity index (χ3n) is 3.79. The summed E-state index contributed by atoms with van der Waals surface area (Å²) in [4.78, 5) is 24.0. The number of benzene rings is 2. The Morgan fingerprint density at radius 3 is 2.43 bits per heavy atom. The van der Waals surface area contributed by atoms with Gasteiger partial charge in [-0.05, 0) is 50.2 Å². The Kier molecular flexibility index (Phi) is 8.81. The van der Waals surface area contributed by atoms with Gasteiger partial charge in [0.05, 0.1) is 18.8 Å². The lowest BCUT2D eigenvalue weighted by atomic mass is 10.2. The van der Waals surface area contributed by atoms with Crippen molar-refractivity contribution in [2.45, 2.75) is 13.8 Å². The van der Waals surface area contributed by atoms with E-state index in [1.165, 1.54) is 0 Å². The predicted octanol–water partition coefficient (Wildman–Crippen LogP) is 2.90. The molecule has 0 unspecified atom stereocenters. The van der Waals surface area contributed by atoms with Crippen molar-refractivity contribution in [3.63, 3.8) is 0 Å². The van der Waals surface area contributed by atoms with Crippen LogP contribution in [0.1, 0.15) is 24.2 Å². The number of hydrogen-bond donors (Lipinski definition) is 3. The van der Waals surface area contributed by atoms with E-state index < -0.39 is 0 Å². The fourth-order valence-corrected chi connectivity index (χ4v) is 2.43. The molecule has 2 amide bonds. The summed E-state index contributed by atoms with van der Waals surface area (Å²) in [5.74, 6) is 0.281. The van der Waals surface area contributed by atoms with E-state index in [-0.39, 0.29) is 18.4 Å². The van der Waals surface area contributed by atoms with Crippen LogP contribution in [0.15, 0.2) is 48.5 Å². The Hall–Kier alpha value is -3.06. The van der Waals surface area contributed by atoms with Crippen LogP contribution < -0.4 is 20.7 Å². The lowest BCUT2D eigenvalue weighted by Crippen LogP contribution is -2.23. The molecule has 0 radical (unpaired) electrons. The number of carbonyl (C=O) groups excluding carboxylic acids is 2. The van der Waals surface area contributed by atoms with Crippen LogP contribution in [0.25, 0.3) is 0 Å². The Labute approximate surface area is 165 Å². The fraction of sp³-hybridized carbons (Fsp3) is 0.333. The molecular weight excluding hydrogens is 358 g/mol.